The van der Waals surface area contributed by atoms with Gasteiger partial charge in [-0.1, -0.05) is 19.9 Å². The Bertz CT molecular complexity index is 394. The number of benzene rings is 1. The van der Waals surface area contributed by atoms with Crippen LogP contribution in [0.25, 0.3) is 0 Å². The van der Waals surface area contributed by atoms with Gasteiger partial charge in [0.05, 0.1) is 11.3 Å². The molecule has 0 saturated heterocycles. The van der Waals surface area contributed by atoms with Crippen LogP contribution in [0.2, 0.25) is 0 Å². The number of anilines is 1. The molecule has 0 spiro atoms. The van der Waals surface area contributed by atoms with Gasteiger partial charge in [-0.3, -0.25) is 0 Å². The van der Waals surface area contributed by atoms with Gasteiger partial charge in [-0.05, 0) is 24.3 Å². The molecule has 1 aromatic carbocycles. The molecule has 4 heteroatoms. The topological polar surface area (TPSA) is 61.8 Å². The zero-order valence-corrected chi connectivity index (χ0v) is 11.2. The molecule has 0 aliphatic carbocycles. The van der Waals surface area contributed by atoms with Crippen molar-refractivity contribution in [1.29, 1.82) is 5.26 Å². The van der Waals surface area contributed by atoms with E-state index in [-0.39, 0.29) is 6.04 Å². The zero-order valence-electron chi connectivity index (χ0n) is 10.4. The van der Waals surface area contributed by atoms with Gasteiger partial charge in [0.15, 0.2) is 0 Å². The lowest BCUT2D eigenvalue weighted by Crippen LogP contribution is -2.28. The molecule has 1 aromatic rings. The Morgan fingerprint density at radius 2 is 2.24 bits per heavy atom. The summed E-state index contributed by atoms with van der Waals surface area (Å²) in [6.45, 7) is 4.74. The lowest BCUT2D eigenvalue weighted by atomic mass is 10.1. The molecule has 17 heavy (non-hydrogen) atoms. The van der Waals surface area contributed by atoms with E-state index in [1.165, 1.54) is 0 Å². The second kappa shape index (κ2) is 7.21. The Balaban J connectivity index is 2.99. The summed E-state index contributed by atoms with van der Waals surface area (Å²) < 4.78 is 0. The fourth-order valence-corrected chi connectivity index (χ4v) is 2.38. The first-order valence-electron chi connectivity index (χ1n) is 5.89. The molecule has 0 amide bonds. The van der Waals surface area contributed by atoms with Gasteiger partial charge >= 0.3 is 0 Å². The lowest BCUT2D eigenvalue weighted by Gasteiger charge is -2.18. The average molecular weight is 249 g/mol. The molecular weight excluding hydrogens is 230 g/mol. The number of hydrogen-bond donors (Lipinski definition) is 2. The summed E-state index contributed by atoms with van der Waals surface area (Å²) in [5.41, 5.74) is 7.29. The van der Waals surface area contributed by atoms with E-state index < -0.39 is 0 Å². The van der Waals surface area contributed by atoms with E-state index in [0.717, 1.165) is 28.3 Å². The van der Waals surface area contributed by atoms with Crippen molar-refractivity contribution in [3.8, 4) is 6.07 Å². The first-order valence-corrected chi connectivity index (χ1v) is 6.87. The first-order chi connectivity index (χ1) is 8.26. The van der Waals surface area contributed by atoms with Gasteiger partial charge in [-0.25, -0.2) is 0 Å². The van der Waals surface area contributed by atoms with Crippen LogP contribution >= 0.6 is 11.8 Å². The molecule has 1 rings (SSSR count). The van der Waals surface area contributed by atoms with Crippen LogP contribution in [-0.4, -0.2) is 18.3 Å². The third-order valence-electron chi connectivity index (χ3n) is 2.57. The predicted octanol–water partition coefficient (Wildman–Crippen LogP) is 2.82. The smallest absolute Gasteiger partial charge is 0.102 e. The fourth-order valence-electron chi connectivity index (χ4n) is 1.59. The van der Waals surface area contributed by atoms with Crippen LogP contribution in [0.15, 0.2) is 23.1 Å². The molecule has 0 aromatic heterocycles. The van der Waals surface area contributed by atoms with Crippen LogP contribution in [0, 0.1) is 11.3 Å². The Morgan fingerprint density at radius 3 is 2.76 bits per heavy atom. The van der Waals surface area contributed by atoms with E-state index in [9.17, 15) is 5.26 Å². The standard InChI is InChI=1S/C13H19N3S/c1-3-10(8-14)16-12-6-5-7-13(17-4-2)11(12)9-15/h5-7,10,16H,3-4,8,14H2,1-2H3. The minimum absolute atomic E-state index is 0.226. The maximum Gasteiger partial charge on any atom is 0.102 e. The second-order valence-corrected chi connectivity index (χ2v) is 5.01. The first kappa shape index (κ1) is 13.9. The number of nitrogens with one attached hydrogen (secondary N) is 1. The van der Waals surface area contributed by atoms with Crippen LogP contribution in [0.1, 0.15) is 25.8 Å². The van der Waals surface area contributed by atoms with Gasteiger partial charge < -0.3 is 11.1 Å². The van der Waals surface area contributed by atoms with E-state index in [2.05, 4.69) is 25.2 Å². The van der Waals surface area contributed by atoms with Crippen LogP contribution in [-0.2, 0) is 0 Å². The molecule has 0 aliphatic rings. The van der Waals surface area contributed by atoms with Gasteiger partial charge in [0.2, 0.25) is 0 Å². The largest absolute Gasteiger partial charge is 0.380 e. The highest BCUT2D eigenvalue weighted by atomic mass is 32.2. The van der Waals surface area contributed by atoms with Crippen molar-refractivity contribution >= 4 is 17.4 Å². The molecule has 1 unspecified atom stereocenters. The quantitative estimate of drug-likeness (QED) is 0.761. The highest BCUT2D eigenvalue weighted by Gasteiger charge is 2.10. The third kappa shape index (κ3) is 3.65. The summed E-state index contributed by atoms with van der Waals surface area (Å²) in [6.07, 6.45) is 0.951. The highest BCUT2D eigenvalue weighted by Crippen LogP contribution is 2.28. The van der Waals surface area contributed by atoms with Crippen LogP contribution < -0.4 is 11.1 Å². The maximum absolute atomic E-state index is 9.25. The number of nitriles is 1. The normalized spacial score (nSPS) is 11.9. The van der Waals surface area contributed by atoms with E-state index in [1.807, 2.05) is 18.2 Å². The predicted molar refractivity (Wildman–Crippen MR) is 74.3 cm³/mol. The number of nitrogens with two attached hydrogens (primary N) is 1. The molecule has 1 atom stereocenters. The van der Waals surface area contributed by atoms with E-state index >= 15 is 0 Å². The van der Waals surface area contributed by atoms with Crippen molar-refractivity contribution in [2.75, 3.05) is 17.6 Å². The molecule has 3 nitrogen and oxygen atoms in total. The molecule has 0 heterocycles. The van der Waals surface area contributed by atoms with Gasteiger partial charge in [-0.15, -0.1) is 11.8 Å². The van der Waals surface area contributed by atoms with Crippen molar-refractivity contribution in [2.45, 2.75) is 31.2 Å². The molecule has 0 aliphatic heterocycles. The zero-order chi connectivity index (χ0) is 12.7. The molecule has 0 saturated carbocycles. The minimum atomic E-state index is 0.226. The van der Waals surface area contributed by atoms with Gasteiger partial charge in [-0.2, -0.15) is 5.26 Å². The number of hydrogen-bond acceptors (Lipinski definition) is 4. The Hall–Kier alpha value is -1.18. The SMILES string of the molecule is CCSc1cccc(NC(CC)CN)c1C#N. The monoisotopic (exact) mass is 249 g/mol. The maximum atomic E-state index is 9.25. The summed E-state index contributed by atoms with van der Waals surface area (Å²) >= 11 is 1.69. The van der Waals surface area contributed by atoms with E-state index in [4.69, 9.17) is 5.73 Å². The minimum Gasteiger partial charge on any atom is -0.380 e. The summed E-state index contributed by atoms with van der Waals surface area (Å²) in [5.74, 6) is 0.965. The molecule has 0 bridgehead atoms. The van der Waals surface area contributed by atoms with Crippen molar-refractivity contribution in [2.24, 2.45) is 5.73 Å². The van der Waals surface area contributed by atoms with Gasteiger partial charge in [0.25, 0.3) is 0 Å². The second-order valence-electron chi connectivity index (χ2n) is 3.71. The van der Waals surface area contributed by atoms with Crippen molar-refractivity contribution < 1.29 is 0 Å². The summed E-state index contributed by atoms with van der Waals surface area (Å²) in [7, 11) is 0. The number of rotatable bonds is 6. The Labute approximate surface area is 107 Å². The summed E-state index contributed by atoms with van der Waals surface area (Å²) in [6, 6.07) is 8.41. The summed E-state index contributed by atoms with van der Waals surface area (Å²) in [4.78, 5) is 1.03. The van der Waals surface area contributed by atoms with Crippen molar-refractivity contribution in [3.63, 3.8) is 0 Å². The molecule has 0 radical (unpaired) electrons. The van der Waals surface area contributed by atoms with Gasteiger partial charge in [0.1, 0.15) is 6.07 Å². The lowest BCUT2D eigenvalue weighted by molar-refractivity contribution is 0.703. The molecule has 0 fully saturated rings. The van der Waals surface area contributed by atoms with Crippen LogP contribution in [0.5, 0.6) is 0 Å². The average Bonchev–Trinajstić information content (AvgIpc) is 2.36. The van der Waals surface area contributed by atoms with Crippen LogP contribution in [0.3, 0.4) is 0 Å². The Kier molecular flexibility index (Phi) is 5.88. The van der Waals surface area contributed by atoms with Crippen LogP contribution in [0.4, 0.5) is 5.69 Å². The number of nitrogens with zero attached hydrogens (tertiary/aromatic N) is 1. The highest BCUT2D eigenvalue weighted by molar-refractivity contribution is 7.99. The fraction of sp³-hybridized carbons (Fsp3) is 0.462. The molecule has 3 N–H and O–H groups in total. The summed E-state index contributed by atoms with van der Waals surface area (Å²) in [5, 5.41) is 12.6. The van der Waals surface area contributed by atoms with E-state index in [1.54, 1.807) is 11.8 Å². The Morgan fingerprint density at radius 1 is 1.47 bits per heavy atom. The van der Waals surface area contributed by atoms with Gasteiger partial charge in [0, 0.05) is 17.5 Å². The molecular formula is C13H19N3S. The number of thioether (sulfide) groups is 1. The third-order valence-corrected chi connectivity index (χ3v) is 3.51. The van der Waals surface area contributed by atoms with Crippen molar-refractivity contribution in [1.82, 2.24) is 0 Å². The van der Waals surface area contributed by atoms with Crippen molar-refractivity contribution in [3.05, 3.63) is 23.8 Å². The molecule has 92 valence electrons. The van der Waals surface area contributed by atoms with E-state index in [0.29, 0.717) is 6.54 Å².